The fourth-order valence-electron chi connectivity index (χ4n) is 1.63. The van der Waals surface area contributed by atoms with Crippen molar-refractivity contribution < 1.29 is 0 Å². The maximum atomic E-state index is 8.96. The molecule has 0 radical (unpaired) electrons. The summed E-state index contributed by atoms with van der Waals surface area (Å²) < 4.78 is 0. The number of hydrogen-bond acceptors (Lipinski definition) is 6. The molecule has 6 nitrogen and oxygen atoms in total. The summed E-state index contributed by atoms with van der Waals surface area (Å²) in [6.45, 7) is 0. The van der Waals surface area contributed by atoms with Crippen LogP contribution in [0.25, 0.3) is 0 Å². The van der Waals surface area contributed by atoms with Crippen LogP contribution in [0.3, 0.4) is 0 Å². The Balaban J connectivity index is 1.96. The summed E-state index contributed by atoms with van der Waals surface area (Å²) >= 11 is 0. The molecular formula is C12H12N6. The van der Waals surface area contributed by atoms with Crippen molar-refractivity contribution in [3.63, 3.8) is 0 Å². The first-order chi connectivity index (χ1) is 8.80. The van der Waals surface area contributed by atoms with E-state index >= 15 is 0 Å². The molecule has 2 N–H and O–H groups in total. The van der Waals surface area contributed by atoms with Gasteiger partial charge in [-0.25, -0.2) is 9.97 Å². The summed E-state index contributed by atoms with van der Waals surface area (Å²) in [6, 6.07) is 4.68. The van der Waals surface area contributed by atoms with Crippen LogP contribution in [0, 0.1) is 22.7 Å². The molecule has 0 amide bonds. The molecule has 90 valence electrons. The number of hydrogen-bond donors (Lipinski definition) is 2. The van der Waals surface area contributed by atoms with Crippen LogP contribution in [0.2, 0.25) is 0 Å². The number of nitrogens with one attached hydrogen (secondary N) is 2. The third-order valence-corrected chi connectivity index (χ3v) is 2.94. The summed E-state index contributed by atoms with van der Waals surface area (Å²) in [5.41, 5.74) is 0.170. The van der Waals surface area contributed by atoms with Crippen LogP contribution in [0.1, 0.15) is 37.1 Å². The lowest BCUT2D eigenvalue weighted by Gasteiger charge is -2.11. The van der Waals surface area contributed by atoms with Crippen LogP contribution in [0.15, 0.2) is 0 Å². The van der Waals surface area contributed by atoms with Crippen LogP contribution in [-0.2, 0) is 0 Å². The zero-order valence-electron chi connectivity index (χ0n) is 9.77. The Morgan fingerprint density at radius 2 is 1.22 bits per heavy atom. The van der Waals surface area contributed by atoms with Gasteiger partial charge in [0.1, 0.15) is 12.1 Å². The number of nitrogens with zero attached hydrogens (tertiary/aromatic N) is 4. The third-order valence-electron chi connectivity index (χ3n) is 2.94. The highest BCUT2D eigenvalue weighted by Gasteiger charge is 2.27. The van der Waals surface area contributed by atoms with E-state index < -0.39 is 0 Å². The molecular weight excluding hydrogens is 228 g/mol. The van der Waals surface area contributed by atoms with E-state index in [0.29, 0.717) is 23.7 Å². The van der Waals surface area contributed by atoms with E-state index in [4.69, 9.17) is 10.5 Å². The van der Waals surface area contributed by atoms with Gasteiger partial charge in [-0.3, -0.25) is 0 Å². The molecule has 1 aromatic rings. The van der Waals surface area contributed by atoms with Gasteiger partial charge in [-0.2, -0.15) is 10.5 Å². The topological polar surface area (TPSA) is 97.4 Å². The molecule has 0 saturated heterocycles. The van der Waals surface area contributed by atoms with Gasteiger partial charge in [0.25, 0.3) is 0 Å². The molecule has 3 rings (SSSR count). The highest BCUT2D eigenvalue weighted by Crippen LogP contribution is 2.31. The van der Waals surface area contributed by atoms with E-state index in [9.17, 15) is 0 Å². The van der Waals surface area contributed by atoms with E-state index in [1.165, 1.54) is 0 Å². The SMILES string of the molecule is N#Cc1nc(NC2CC2)c(NC2CC2)nc1C#N. The van der Waals surface area contributed by atoms with Gasteiger partial charge in [0.05, 0.1) is 0 Å². The predicted octanol–water partition coefficient (Wildman–Crippen LogP) is 1.37. The van der Waals surface area contributed by atoms with Crippen LogP contribution < -0.4 is 10.6 Å². The monoisotopic (exact) mass is 240 g/mol. The van der Waals surface area contributed by atoms with Crippen molar-refractivity contribution in [3.8, 4) is 12.1 Å². The fraction of sp³-hybridized carbons (Fsp3) is 0.500. The zero-order valence-corrected chi connectivity index (χ0v) is 9.77. The summed E-state index contributed by atoms with van der Waals surface area (Å²) in [5, 5.41) is 24.4. The highest BCUT2D eigenvalue weighted by molar-refractivity contribution is 5.63. The third kappa shape index (κ3) is 2.18. The largest absolute Gasteiger partial charge is 0.364 e. The average molecular weight is 240 g/mol. The van der Waals surface area contributed by atoms with Crippen LogP contribution in [0.4, 0.5) is 11.6 Å². The number of anilines is 2. The Morgan fingerprint density at radius 3 is 1.50 bits per heavy atom. The van der Waals surface area contributed by atoms with Crippen molar-refractivity contribution >= 4 is 11.6 Å². The second-order valence-corrected chi connectivity index (χ2v) is 4.68. The lowest BCUT2D eigenvalue weighted by atomic mass is 10.3. The van der Waals surface area contributed by atoms with E-state index in [1.54, 1.807) is 0 Å². The van der Waals surface area contributed by atoms with Crippen molar-refractivity contribution in [1.29, 1.82) is 10.5 Å². The Labute approximate surface area is 105 Å². The van der Waals surface area contributed by atoms with Crippen LogP contribution in [-0.4, -0.2) is 22.1 Å². The Hall–Kier alpha value is -2.34. The van der Waals surface area contributed by atoms with Crippen molar-refractivity contribution in [2.45, 2.75) is 37.8 Å². The van der Waals surface area contributed by atoms with Crippen LogP contribution in [0.5, 0.6) is 0 Å². The number of rotatable bonds is 4. The molecule has 0 aromatic carbocycles. The van der Waals surface area contributed by atoms with E-state index in [0.717, 1.165) is 25.7 Å². The minimum Gasteiger partial charge on any atom is -0.364 e. The first-order valence-corrected chi connectivity index (χ1v) is 6.05. The first kappa shape index (κ1) is 10.8. The molecule has 2 fully saturated rings. The molecule has 2 saturated carbocycles. The quantitative estimate of drug-likeness (QED) is 0.824. The molecule has 0 unspecified atom stereocenters. The first-order valence-electron chi connectivity index (χ1n) is 6.05. The fourth-order valence-corrected chi connectivity index (χ4v) is 1.63. The summed E-state index contributed by atoms with van der Waals surface area (Å²) in [6.07, 6.45) is 4.47. The van der Waals surface area contributed by atoms with Crippen molar-refractivity contribution in [1.82, 2.24) is 9.97 Å². The molecule has 2 aliphatic carbocycles. The predicted molar refractivity (Wildman–Crippen MR) is 64.8 cm³/mol. The number of aromatic nitrogens is 2. The van der Waals surface area contributed by atoms with Gasteiger partial charge in [0.2, 0.25) is 0 Å². The standard InChI is InChI=1S/C12H12N6/c13-5-9-10(6-14)18-12(16-8-3-4-8)11(17-9)15-7-1-2-7/h7-8H,1-4H2,(H,15,17)(H,16,18). The molecule has 0 atom stereocenters. The molecule has 18 heavy (non-hydrogen) atoms. The second kappa shape index (κ2) is 4.15. The molecule has 6 heteroatoms. The maximum absolute atomic E-state index is 8.96. The summed E-state index contributed by atoms with van der Waals surface area (Å²) in [7, 11) is 0. The molecule has 0 spiro atoms. The molecule has 0 aliphatic heterocycles. The van der Waals surface area contributed by atoms with Gasteiger partial charge in [-0.1, -0.05) is 0 Å². The van der Waals surface area contributed by atoms with E-state index in [2.05, 4.69) is 20.6 Å². The Kier molecular flexibility index (Phi) is 2.49. The Morgan fingerprint density at radius 1 is 0.833 bits per heavy atom. The van der Waals surface area contributed by atoms with Gasteiger partial charge < -0.3 is 10.6 Å². The average Bonchev–Trinajstić information content (AvgIpc) is 3.25. The van der Waals surface area contributed by atoms with E-state index in [1.807, 2.05) is 12.1 Å². The van der Waals surface area contributed by atoms with Gasteiger partial charge in [-0.05, 0) is 25.7 Å². The van der Waals surface area contributed by atoms with Crippen molar-refractivity contribution in [2.24, 2.45) is 0 Å². The van der Waals surface area contributed by atoms with Gasteiger partial charge in [0, 0.05) is 12.1 Å². The molecule has 1 heterocycles. The smallest absolute Gasteiger partial charge is 0.179 e. The van der Waals surface area contributed by atoms with Gasteiger partial charge in [0.15, 0.2) is 23.0 Å². The minimum absolute atomic E-state index is 0.0852. The summed E-state index contributed by atoms with van der Waals surface area (Å²) in [5.74, 6) is 1.19. The lowest BCUT2D eigenvalue weighted by molar-refractivity contribution is 1.03. The van der Waals surface area contributed by atoms with Crippen LogP contribution >= 0.6 is 0 Å². The van der Waals surface area contributed by atoms with Crippen molar-refractivity contribution in [2.75, 3.05) is 10.6 Å². The van der Waals surface area contributed by atoms with Gasteiger partial charge >= 0.3 is 0 Å². The highest BCUT2D eigenvalue weighted by atomic mass is 15.2. The molecule has 1 aromatic heterocycles. The van der Waals surface area contributed by atoms with E-state index in [-0.39, 0.29) is 11.4 Å². The minimum atomic E-state index is 0.0852. The molecule has 0 bridgehead atoms. The Bertz CT molecular complexity index is 508. The lowest BCUT2D eigenvalue weighted by Crippen LogP contribution is -2.13. The summed E-state index contributed by atoms with van der Waals surface area (Å²) in [4.78, 5) is 8.41. The second-order valence-electron chi connectivity index (χ2n) is 4.68. The normalized spacial score (nSPS) is 17.7. The van der Waals surface area contributed by atoms with Gasteiger partial charge in [-0.15, -0.1) is 0 Å². The zero-order chi connectivity index (χ0) is 12.5. The number of nitriles is 2. The molecule has 2 aliphatic rings. The maximum Gasteiger partial charge on any atom is 0.179 e. The van der Waals surface area contributed by atoms with Crippen molar-refractivity contribution in [3.05, 3.63) is 11.4 Å².